The van der Waals surface area contributed by atoms with E-state index in [-0.39, 0.29) is 6.54 Å². The van der Waals surface area contributed by atoms with Gasteiger partial charge in [-0.05, 0) is 29.3 Å². The third-order valence-corrected chi connectivity index (χ3v) is 3.59. The standard InChI is InChI=1S/C17H17N5O2/c18-8-11-2-1-3-12(6-11)9-19-16(23)17(24)21-14-5-4-13-10-20-22-15(13)7-14/h1-7,10H,8-9,18H2,(H,19,23)(H,20,22)(H,21,24). The average molecular weight is 323 g/mol. The molecular formula is C17H17N5O2. The van der Waals surface area contributed by atoms with E-state index in [2.05, 4.69) is 20.8 Å². The Balaban J connectivity index is 1.58. The van der Waals surface area contributed by atoms with Crippen LogP contribution in [0.1, 0.15) is 11.1 Å². The van der Waals surface area contributed by atoms with Crippen LogP contribution >= 0.6 is 0 Å². The predicted molar refractivity (Wildman–Crippen MR) is 90.9 cm³/mol. The molecule has 0 bridgehead atoms. The Bertz CT molecular complexity index is 887. The van der Waals surface area contributed by atoms with Crippen LogP contribution in [0.2, 0.25) is 0 Å². The number of nitrogens with zero attached hydrogens (tertiary/aromatic N) is 1. The molecule has 0 radical (unpaired) electrons. The van der Waals surface area contributed by atoms with Gasteiger partial charge in [-0.1, -0.05) is 24.3 Å². The van der Waals surface area contributed by atoms with E-state index < -0.39 is 11.8 Å². The number of fused-ring (bicyclic) bond motifs is 1. The number of nitrogens with one attached hydrogen (secondary N) is 3. The van der Waals surface area contributed by atoms with E-state index in [1.54, 1.807) is 18.3 Å². The summed E-state index contributed by atoms with van der Waals surface area (Å²) in [7, 11) is 0. The smallest absolute Gasteiger partial charge is 0.313 e. The van der Waals surface area contributed by atoms with Crippen molar-refractivity contribution in [3.8, 4) is 0 Å². The van der Waals surface area contributed by atoms with E-state index in [1.807, 2.05) is 30.3 Å². The van der Waals surface area contributed by atoms with Gasteiger partial charge in [0, 0.05) is 24.2 Å². The third-order valence-electron chi connectivity index (χ3n) is 3.59. The van der Waals surface area contributed by atoms with Crippen LogP contribution in [0, 0.1) is 0 Å². The molecule has 7 nitrogen and oxygen atoms in total. The number of carbonyl (C=O) groups is 2. The third kappa shape index (κ3) is 3.58. The largest absolute Gasteiger partial charge is 0.344 e. The molecule has 0 spiro atoms. The van der Waals surface area contributed by atoms with Crippen LogP contribution in [-0.4, -0.2) is 22.0 Å². The quantitative estimate of drug-likeness (QED) is 0.542. The molecule has 2 amide bonds. The van der Waals surface area contributed by atoms with Gasteiger partial charge in [0.2, 0.25) is 0 Å². The van der Waals surface area contributed by atoms with E-state index in [0.717, 1.165) is 22.0 Å². The molecule has 2 aromatic carbocycles. The number of H-pyrrole nitrogens is 1. The first-order valence-corrected chi connectivity index (χ1v) is 7.46. The van der Waals surface area contributed by atoms with Crippen molar-refractivity contribution in [3.05, 3.63) is 59.8 Å². The Kier molecular flexibility index (Phi) is 4.53. The van der Waals surface area contributed by atoms with Crippen LogP contribution in [0.5, 0.6) is 0 Å². The second-order valence-corrected chi connectivity index (χ2v) is 5.33. The van der Waals surface area contributed by atoms with Gasteiger partial charge in [0.15, 0.2) is 0 Å². The maximum absolute atomic E-state index is 12.0. The topological polar surface area (TPSA) is 113 Å². The van der Waals surface area contributed by atoms with Crippen LogP contribution in [0.4, 0.5) is 5.69 Å². The Hall–Kier alpha value is -3.19. The summed E-state index contributed by atoms with van der Waals surface area (Å²) in [4.78, 5) is 23.9. The molecule has 0 aliphatic carbocycles. The van der Waals surface area contributed by atoms with Gasteiger partial charge in [-0.15, -0.1) is 0 Å². The first kappa shape index (κ1) is 15.7. The summed E-state index contributed by atoms with van der Waals surface area (Å²) in [5.74, 6) is -1.42. The summed E-state index contributed by atoms with van der Waals surface area (Å²) >= 11 is 0. The van der Waals surface area contributed by atoms with E-state index in [9.17, 15) is 9.59 Å². The second kappa shape index (κ2) is 6.93. The van der Waals surface area contributed by atoms with Gasteiger partial charge in [0.25, 0.3) is 0 Å². The van der Waals surface area contributed by atoms with Crippen LogP contribution < -0.4 is 16.4 Å². The number of hydrogen-bond donors (Lipinski definition) is 4. The molecule has 122 valence electrons. The van der Waals surface area contributed by atoms with Gasteiger partial charge >= 0.3 is 11.8 Å². The molecule has 3 rings (SSSR count). The lowest BCUT2D eigenvalue weighted by molar-refractivity contribution is -0.136. The molecule has 0 unspecified atom stereocenters. The number of benzene rings is 2. The lowest BCUT2D eigenvalue weighted by Gasteiger charge is -2.07. The number of nitrogens with two attached hydrogens (primary N) is 1. The maximum atomic E-state index is 12.0. The first-order valence-electron chi connectivity index (χ1n) is 7.46. The fraction of sp³-hybridized carbons (Fsp3) is 0.118. The van der Waals surface area contributed by atoms with Gasteiger partial charge in [0.05, 0.1) is 11.7 Å². The number of hydrogen-bond acceptors (Lipinski definition) is 4. The van der Waals surface area contributed by atoms with Crippen molar-refractivity contribution in [3.63, 3.8) is 0 Å². The van der Waals surface area contributed by atoms with Gasteiger partial charge in [-0.3, -0.25) is 14.7 Å². The minimum atomic E-state index is -0.719. The fourth-order valence-corrected chi connectivity index (χ4v) is 2.33. The Morgan fingerprint density at radius 3 is 2.75 bits per heavy atom. The number of aromatic nitrogens is 2. The molecule has 0 aliphatic rings. The zero-order valence-electron chi connectivity index (χ0n) is 12.9. The van der Waals surface area contributed by atoms with Crippen molar-refractivity contribution in [2.75, 3.05) is 5.32 Å². The summed E-state index contributed by atoms with van der Waals surface area (Å²) in [6.45, 7) is 0.692. The zero-order chi connectivity index (χ0) is 16.9. The minimum absolute atomic E-state index is 0.264. The fourth-order valence-electron chi connectivity index (χ4n) is 2.33. The molecular weight excluding hydrogens is 306 g/mol. The summed E-state index contributed by atoms with van der Waals surface area (Å²) in [5, 5.41) is 12.8. The summed E-state index contributed by atoms with van der Waals surface area (Å²) in [5.41, 5.74) is 8.75. The minimum Gasteiger partial charge on any atom is -0.344 e. The molecule has 0 aliphatic heterocycles. The number of anilines is 1. The van der Waals surface area contributed by atoms with Crippen LogP contribution in [0.3, 0.4) is 0 Å². The Labute approximate surface area is 138 Å². The average Bonchev–Trinajstić information content (AvgIpc) is 3.07. The highest BCUT2D eigenvalue weighted by atomic mass is 16.2. The van der Waals surface area contributed by atoms with Crippen molar-refractivity contribution in [1.29, 1.82) is 0 Å². The predicted octanol–water partition coefficient (Wildman–Crippen LogP) is 1.28. The molecule has 0 atom stereocenters. The zero-order valence-corrected chi connectivity index (χ0v) is 12.9. The van der Waals surface area contributed by atoms with Crippen LogP contribution in [0.15, 0.2) is 48.7 Å². The highest BCUT2D eigenvalue weighted by Crippen LogP contribution is 2.16. The second-order valence-electron chi connectivity index (χ2n) is 5.33. The highest BCUT2D eigenvalue weighted by molar-refractivity contribution is 6.39. The number of carbonyl (C=O) groups excluding carboxylic acids is 2. The maximum Gasteiger partial charge on any atom is 0.313 e. The van der Waals surface area contributed by atoms with E-state index in [0.29, 0.717) is 12.2 Å². The number of rotatable bonds is 4. The Morgan fingerprint density at radius 1 is 1.08 bits per heavy atom. The van der Waals surface area contributed by atoms with Crippen molar-refractivity contribution < 1.29 is 9.59 Å². The number of amides is 2. The van der Waals surface area contributed by atoms with Crippen molar-refractivity contribution in [2.24, 2.45) is 5.73 Å². The lowest BCUT2D eigenvalue weighted by atomic mass is 10.1. The van der Waals surface area contributed by atoms with E-state index >= 15 is 0 Å². The molecule has 1 aromatic heterocycles. The van der Waals surface area contributed by atoms with Gasteiger partial charge in [-0.2, -0.15) is 5.10 Å². The molecule has 0 saturated heterocycles. The van der Waals surface area contributed by atoms with Crippen molar-refractivity contribution >= 4 is 28.4 Å². The summed E-state index contributed by atoms with van der Waals surface area (Å²) in [6.07, 6.45) is 1.68. The molecule has 0 fully saturated rings. The van der Waals surface area contributed by atoms with Crippen LogP contribution in [0.25, 0.3) is 10.9 Å². The Morgan fingerprint density at radius 2 is 1.92 bits per heavy atom. The molecule has 1 heterocycles. The molecule has 3 aromatic rings. The normalized spacial score (nSPS) is 10.5. The molecule has 7 heteroatoms. The molecule has 0 saturated carbocycles. The summed E-state index contributed by atoms with van der Waals surface area (Å²) in [6, 6.07) is 12.8. The monoisotopic (exact) mass is 323 g/mol. The van der Waals surface area contributed by atoms with Gasteiger partial charge in [0.1, 0.15) is 0 Å². The highest BCUT2D eigenvalue weighted by Gasteiger charge is 2.13. The van der Waals surface area contributed by atoms with E-state index in [1.165, 1.54) is 0 Å². The van der Waals surface area contributed by atoms with Crippen molar-refractivity contribution in [2.45, 2.75) is 13.1 Å². The first-order chi connectivity index (χ1) is 11.7. The molecule has 5 N–H and O–H groups in total. The van der Waals surface area contributed by atoms with Gasteiger partial charge < -0.3 is 16.4 Å². The summed E-state index contributed by atoms with van der Waals surface area (Å²) < 4.78 is 0. The van der Waals surface area contributed by atoms with Crippen LogP contribution in [-0.2, 0) is 22.7 Å². The van der Waals surface area contributed by atoms with E-state index in [4.69, 9.17) is 5.73 Å². The lowest BCUT2D eigenvalue weighted by Crippen LogP contribution is -2.34. The molecule has 24 heavy (non-hydrogen) atoms. The number of aromatic amines is 1. The van der Waals surface area contributed by atoms with Gasteiger partial charge in [-0.25, -0.2) is 0 Å². The van der Waals surface area contributed by atoms with Crippen molar-refractivity contribution in [1.82, 2.24) is 15.5 Å². The SMILES string of the molecule is NCc1cccc(CNC(=O)C(=O)Nc2ccc3cn[nH]c3c2)c1.